The second-order valence-electron chi connectivity index (χ2n) is 6.66. The second-order valence-corrected chi connectivity index (χ2v) is 6.66. The van der Waals surface area contributed by atoms with Gasteiger partial charge in [0.2, 0.25) is 12.2 Å². The van der Waals surface area contributed by atoms with Crippen LogP contribution in [-0.4, -0.2) is 85.0 Å². The molecule has 0 aromatic carbocycles. The van der Waals surface area contributed by atoms with E-state index in [0.29, 0.717) is 0 Å². The van der Waals surface area contributed by atoms with E-state index in [-0.39, 0.29) is 0 Å². The standard InChI is InChI=1S/C18H26N2O11/c1-8(21)20(6)18(26)19-14-16(29-11(4)24)15(28-10(3)23)13(7-27-9(2)22)31-17(14)30-12(5)25/h13-17H,7H2,1-6H3,(H,19,26). The Balaban J connectivity index is 3.39. The molecule has 1 N–H and O–H groups in total. The third-order valence-electron chi connectivity index (χ3n) is 4.05. The maximum absolute atomic E-state index is 12.4. The zero-order valence-corrected chi connectivity index (χ0v) is 18.0. The van der Waals surface area contributed by atoms with Gasteiger partial charge < -0.3 is 29.0 Å². The molecule has 0 spiro atoms. The van der Waals surface area contributed by atoms with Gasteiger partial charge in [-0.1, -0.05) is 0 Å². The van der Waals surface area contributed by atoms with Crippen LogP contribution in [0.5, 0.6) is 0 Å². The van der Waals surface area contributed by atoms with E-state index in [4.69, 9.17) is 23.7 Å². The highest BCUT2D eigenvalue weighted by atomic mass is 16.7. The first kappa shape index (κ1) is 25.8. The van der Waals surface area contributed by atoms with Gasteiger partial charge in [-0.25, -0.2) is 4.79 Å². The molecule has 1 aliphatic heterocycles. The summed E-state index contributed by atoms with van der Waals surface area (Å²) in [5.41, 5.74) is 0. The molecule has 3 amide bonds. The Morgan fingerprint density at radius 3 is 1.77 bits per heavy atom. The van der Waals surface area contributed by atoms with E-state index in [1.165, 1.54) is 7.05 Å². The van der Waals surface area contributed by atoms with Crippen molar-refractivity contribution >= 4 is 35.8 Å². The molecule has 1 heterocycles. The maximum Gasteiger partial charge on any atom is 0.324 e. The molecule has 13 heteroatoms. The van der Waals surface area contributed by atoms with E-state index in [1.807, 2.05) is 0 Å². The number of ether oxygens (including phenoxy) is 5. The minimum Gasteiger partial charge on any atom is -0.463 e. The zero-order valence-electron chi connectivity index (χ0n) is 18.0. The molecule has 174 valence electrons. The fourth-order valence-corrected chi connectivity index (χ4v) is 2.70. The normalized spacial score (nSPS) is 24.9. The summed E-state index contributed by atoms with van der Waals surface area (Å²) in [4.78, 5) is 70.9. The number of hydrogen-bond acceptors (Lipinski definition) is 11. The van der Waals surface area contributed by atoms with Crippen LogP contribution in [0.4, 0.5) is 4.79 Å². The Morgan fingerprint density at radius 2 is 1.32 bits per heavy atom. The number of hydrogen-bond donors (Lipinski definition) is 1. The summed E-state index contributed by atoms with van der Waals surface area (Å²) < 4.78 is 26.1. The molecular formula is C18H26N2O11. The van der Waals surface area contributed by atoms with E-state index in [0.717, 1.165) is 39.5 Å². The van der Waals surface area contributed by atoms with Crippen molar-refractivity contribution in [3.63, 3.8) is 0 Å². The van der Waals surface area contributed by atoms with Crippen molar-refractivity contribution in [2.45, 2.75) is 65.3 Å². The van der Waals surface area contributed by atoms with Crippen molar-refractivity contribution < 1.29 is 52.5 Å². The minimum atomic E-state index is -1.53. The van der Waals surface area contributed by atoms with Crippen molar-refractivity contribution in [1.29, 1.82) is 0 Å². The lowest BCUT2D eigenvalue weighted by Gasteiger charge is -2.44. The Bertz CT molecular complexity index is 738. The Hall–Kier alpha value is -3.22. The number of carbonyl (C=O) groups is 6. The number of nitrogens with one attached hydrogen (secondary N) is 1. The quantitative estimate of drug-likeness (QED) is 0.403. The fraction of sp³-hybridized carbons (Fsp3) is 0.667. The van der Waals surface area contributed by atoms with E-state index in [2.05, 4.69) is 5.32 Å². The highest BCUT2D eigenvalue weighted by Crippen LogP contribution is 2.28. The lowest BCUT2D eigenvalue weighted by molar-refractivity contribution is -0.270. The van der Waals surface area contributed by atoms with Gasteiger partial charge in [0.05, 0.1) is 0 Å². The highest BCUT2D eigenvalue weighted by Gasteiger charge is 2.52. The maximum atomic E-state index is 12.4. The molecule has 1 fully saturated rings. The van der Waals surface area contributed by atoms with Crippen molar-refractivity contribution in [2.75, 3.05) is 13.7 Å². The molecule has 1 aliphatic rings. The van der Waals surface area contributed by atoms with Gasteiger partial charge >= 0.3 is 29.9 Å². The van der Waals surface area contributed by atoms with Crippen LogP contribution in [0.1, 0.15) is 34.6 Å². The third kappa shape index (κ3) is 7.85. The Morgan fingerprint density at radius 1 is 0.806 bits per heavy atom. The van der Waals surface area contributed by atoms with Gasteiger partial charge in [0.1, 0.15) is 18.8 Å². The predicted molar refractivity (Wildman–Crippen MR) is 98.9 cm³/mol. The Kier molecular flexibility index (Phi) is 9.37. The van der Waals surface area contributed by atoms with Crippen molar-refractivity contribution in [3.05, 3.63) is 0 Å². The van der Waals surface area contributed by atoms with Gasteiger partial charge in [0, 0.05) is 41.7 Å². The van der Waals surface area contributed by atoms with Crippen molar-refractivity contribution in [3.8, 4) is 0 Å². The van der Waals surface area contributed by atoms with E-state index >= 15 is 0 Å². The Labute approximate surface area is 178 Å². The van der Waals surface area contributed by atoms with Crippen LogP contribution in [-0.2, 0) is 47.7 Å². The van der Waals surface area contributed by atoms with Crippen LogP contribution in [0.25, 0.3) is 0 Å². The first-order chi connectivity index (χ1) is 14.3. The number of esters is 4. The van der Waals surface area contributed by atoms with Gasteiger partial charge in [0.15, 0.2) is 12.2 Å². The summed E-state index contributed by atoms with van der Waals surface area (Å²) >= 11 is 0. The average Bonchev–Trinajstić information content (AvgIpc) is 2.62. The topological polar surface area (TPSA) is 164 Å². The summed E-state index contributed by atoms with van der Waals surface area (Å²) in [5, 5.41) is 2.39. The minimum absolute atomic E-state index is 0.434. The lowest BCUT2D eigenvalue weighted by atomic mass is 9.96. The van der Waals surface area contributed by atoms with Crippen LogP contribution in [0.3, 0.4) is 0 Å². The molecule has 1 rings (SSSR count). The molecule has 31 heavy (non-hydrogen) atoms. The summed E-state index contributed by atoms with van der Waals surface area (Å²) in [6.45, 7) is 5.07. The second kappa shape index (κ2) is 11.2. The van der Waals surface area contributed by atoms with Gasteiger partial charge in [0.25, 0.3) is 0 Å². The molecule has 0 aliphatic carbocycles. The molecule has 5 unspecified atom stereocenters. The number of imide groups is 1. The molecule has 0 aromatic rings. The van der Waals surface area contributed by atoms with Crippen LogP contribution < -0.4 is 5.32 Å². The summed E-state index contributed by atoms with van der Waals surface area (Å²) in [6.07, 6.45) is -5.50. The van der Waals surface area contributed by atoms with Gasteiger partial charge in [-0.2, -0.15) is 0 Å². The summed E-state index contributed by atoms with van der Waals surface area (Å²) in [7, 11) is 1.19. The third-order valence-corrected chi connectivity index (χ3v) is 4.05. The monoisotopic (exact) mass is 446 g/mol. The molecule has 0 radical (unpaired) electrons. The molecule has 0 aromatic heterocycles. The SMILES string of the molecule is CC(=O)OCC1OC(OC(C)=O)C(NC(=O)N(C)C(C)=O)C(OC(C)=O)C1OC(C)=O. The highest BCUT2D eigenvalue weighted by molar-refractivity contribution is 5.93. The number of nitrogens with zero attached hydrogens (tertiary/aromatic N) is 1. The summed E-state index contributed by atoms with van der Waals surface area (Å²) in [5.74, 6) is -3.67. The first-order valence-corrected chi connectivity index (χ1v) is 9.18. The average molecular weight is 446 g/mol. The van der Waals surface area contributed by atoms with Gasteiger partial charge in [-0.15, -0.1) is 0 Å². The fourth-order valence-electron chi connectivity index (χ4n) is 2.70. The van der Waals surface area contributed by atoms with Crippen LogP contribution in [0.2, 0.25) is 0 Å². The number of rotatable bonds is 6. The largest absolute Gasteiger partial charge is 0.463 e. The number of amides is 3. The molecule has 5 atom stereocenters. The van der Waals surface area contributed by atoms with Crippen molar-refractivity contribution in [2.24, 2.45) is 0 Å². The van der Waals surface area contributed by atoms with E-state index < -0.39 is 73.1 Å². The number of carbonyl (C=O) groups excluding carboxylic acids is 6. The van der Waals surface area contributed by atoms with Gasteiger partial charge in [-0.3, -0.25) is 28.9 Å². The van der Waals surface area contributed by atoms with E-state index in [1.54, 1.807) is 0 Å². The molecule has 1 saturated heterocycles. The van der Waals surface area contributed by atoms with E-state index in [9.17, 15) is 28.8 Å². The van der Waals surface area contributed by atoms with Crippen LogP contribution in [0, 0.1) is 0 Å². The molecule has 13 nitrogen and oxygen atoms in total. The first-order valence-electron chi connectivity index (χ1n) is 9.18. The van der Waals surface area contributed by atoms with Crippen LogP contribution >= 0.6 is 0 Å². The summed E-state index contributed by atoms with van der Waals surface area (Å²) in [6, 6.07) is -2.30. The predicted octanol–water partition coefficient (Wildman–Crippen LogP) is -0.743. The molecule has 0 saturated carbocycles. The zero-order chi connectivity index (χ0) is 23.9. The molecule has 0 bridgehead atoms. The van der Waals surface area contributed by atoms with Crippen LogP contribution in [0.15, 0.2) is 0 Å². The number of urea groups is 1. The lowest BCUT2D eigenvalue weighted by Crippen LogP contribution is -2.67. The smallest absolute Gasteiger partial charge is 0.324 e. The van der Waals surface area contributed by atoms with Gasteiger partial charge in [-0.05, 0) is 0 Å². The van der Waals surface area contributed by atoms with Crippen molar-refractivity contribution in [1.82, 2.24) is 10.2 Å². The molecular weight excluding hydrogens is 420 g/mol.